The molecule has 2 aliphatic carbocycles. The first-order valence-electron chi connectivity index (χ1n) is 46.6. The maximum Gasteiger partial charge on any atom is 0.255 e. The van der Waals surface area contributed by atoms with Crippen molar-refractivity contribution in [3.8, 4) is 0 Å². The van der Waals surface area contributed by atoms with E-state index in [0.29, 0.717) is 22.3 Å². The first-order valence-corrected chi connectivity index (χ1v) is 49.0. The Balaban J connectivity index is 0.000000202. The van der Waals surface area contributed by atoms with E-state index in [-0.39, 0.29) is 55.5 Å². The summed E-state index contributed by atoms with van der Waals surface area (Å²) in [4.78, 5) is 91.7. The molecule has 26 rings (SSSR count). The second-order valence-electron chi connectivity index (χ2n) is 38.7. The highest BCUT2D eigenvalue weighted by Gasteiger charge is 2.47. The van der Waals surface area contributed by atoms with Crippen LogP contribution in [0.1, 0.15) is 258 Å². The maximum atomic E-state index is 14.8. The third-order valence-corrected chi connectivity index (χ3v) is 30.5. The number of hydrogen-bond acceptors (Lipinski definition) is 9. The number of carbonyl (C=O) groups excluding carboxylic acids is 6. The van der Waals surface area contributed by atoms with Crippen LogP contribution in [0.5, 0.6) is 0 Å². The lowest BCUT2D eigenvalue weighted by Gasteiger charge is -2.40. The summed E-state index contributed by atoms with van der Waals surface area (Å²) < 4.78 is 0. The molecule has 13 heteroatoms. The van der Waals surface area contributed by atoms with Crippen molar-refractivity contribution in [2.24, 2.45) is 0 Å². The van der Waals surface area contributed by atoms with Crippen LogP contribution >= 0.6 is 35.3 Å². The van der Waals surface area contributed by atoms with Crippen LogP contribution in [0.25, 0.3) is 0 Å². The highest BCUT2D eigenvalue weighted by atomic mass is 32.2. The highest BCUT2D eigenvalue weighted by molar-refractivity contribution is 8.14. The van der Waals surface area contributed by atoms with Gasteiger partial charge in [0, 0.05) is 75.4 Å². The van der Waals surface area contributed by atoms with E-state index in [9.17, 15) is 28.8 Å². The lowest BCUT2D eigenvalue weighted by molar-refractivity contribution is -0.114. The number of amides is 4. The Labute approximate surface area is 798 Å². The van der Waals surface area contributed by atoms with Crippen molar-refractivity contribution in [1.82, 2.24) is 0 Å². The van der Waals surface area contributed by atoms with Gasteiger partial charge < -0.3 is 21.3 Å². The van der Waals surface area contributed by atoms with E-state index in [0.717, 1.165) is 183 Å². The zero-order chi connectivity index (χ0) is 93.7. The molecule has 10 aliphatic heterocycles. The Kier molecular flexibility index (Phi) is 27.6. The normalized spacial score (nSPS) is 14.7. The summed E-state index contributed by atoms with van der Waals surface area (Å²) in [7, 11) is 0. The molecule has 14 aromatic rings. The minimum Gasteiger partial charge on any atom is -0.322 e. The number of aryl methyl sites for hydroxylation is 8. The lowest BCUT2D eigenvalue weighted by atomic mass is 9.64. The topological polar surface area (TPSA) is 151 Å². The van der Waals surface area contributed by atoms with Crippen LogP contribution in [0.3, 0.4) is 0 Å². The van der Waals surface area contributed by atoms with Gasteiger partial charge in [-0.3, -0.25) is 28.8 Å². The number of carbonyl (C=O) groups is 6. The standard InChI is InChI=1S/C68H80N4O4.C52H38O2S3/c1-39-25-53-26-40(2)57(39)69-61(73)47-33-48(36-51(35-47)65(9,10)11)62(74)71-59-43(5)29-55(30-44(59)6)68(23-19-16-20-24-68)56-31-45(7)60(46(8)32-56)72-64(76)50-34-49(37-52(38-50)66(12,13)14)63(75)70-58-41(3)27-54(28-42(58)4)67(53)21-17-15-18-22-67;53-49(51(39-19-7-1-8-20-39,40-21-9-2-10-22-40)41-23-11-3-12-24-41)56-47-35-31-45(32-36-47)55-46-33-37-48(38-34-46)57-50(54)52(42-25-13-4-14-26-42,43-27-15-5-16-28-43)44-29-17-6-18-30-44/h25-38H,15-24H2,1-14H3,(H,69,73)(H,70,75)(H,71,74)(H,72,76);1-38H. The summed E-state index contributed by atoms with van der Waals surface area (Å²) in [5.74, 6) is -1.06. The van der Waals surface area contributed by atoms with Crippen molar-refractivity contribution in [3.05, 3.63) is 449 Å². The van der Waals surface area contributed by atoms with Crippen molar-refractivity contribution in [2.75, 3.05) is 21.3 Å². The van der Waals surface area contributed by atoms with Crippen LogP contribution in [0.15, 0.2) is 335 Å². The SMILES string of the molecule is Cc1cc2cc(C)c1NC(=O)c1cc(cc(C(C)(C)C)c1)C(=O)Nc1c(C)cc(cc1C)C1(CCCCC1)c1cc(C)c(c(C)c1)NC(=O)c1cc(cc(C(C)(C)C)c1)C(=O)Nc1c(C)cc(cc1C)C21CCCCC1.O=C(Sc1ccc(Sc2ccc(SC(=O)C(c3ccccc3)(c3ccccc3)c3ccccc3)cc2)cc1)C(c1ccccc1)(c1ccccc1)c1ccccc1. The van der Waals surface area contributed by atoms with E-state index >= 15 is 0 Å². The fourth-order valence-corrected chi connectivity index (χ4v) is 23.2. The van der Waals surface area contributed by atoms with Crippen molar-refractivity contribution in [1.29, 1.82) is 0 Å². The first kappa shape index (κ1) is 93.6. The molecule has 672 valence electrons. The zero-order valence-corrected chi connectivity index (χ0v) is 81.2. The predicted octanol–water partition coefficient (Wildman–Crippen LogP) is 29.7. The molecule has 10 heterocycles. The van der Waals surface area contributed by atoms with Gasteiger partial charge in [-0.2, -0.15) is 0 Å². The van der Waals surface area contributed by atoms with E-state index in [1.54, 1.807) is 23.9 Å². The van der Waals surface area contributed by atoms with Gasteiger partial charge in [-0.1, -0.05) is 346 Å². The average Bonchev–Trinajstić information content (AvgIpc) is 0.745. The van der Waals surface area contributed by atoms with Gasteiger partial charge in [0.05, 0.1) is 0 Å². The molecular weight excluding hydrogens is 1690 g/mol. The van der Waals surface area contributed by atoms with Crippen LogP contribution in [0.4, 0.5) is 22.7 Å². The molecule has 133 heavy (non-hydrogen) atoms. The van der Waals surface area contributed by atoms with E-state index < -0.39 is 10.8 Å². The summed E-state index contributed by atoms with van der Waals surface area (Å²) in [6, 6.07) is 106. The van der Waals surface area contributed by atoms with Gasteiger partial charge in [0.2, 0.25) is 10.2 Å². The molecule has 0 atom stereocenters. The van der Waals surface area contributed by atoms with Gasteiger partial charge in [0.1, 0.15) is 10.8 Å². The molecule has 4 amide bonds. The molecule has 0 unspecified atom stereocenters. The second-order valence-corrected chi connectivity index (χ2v) is 41.9. The van der Waals surface area contributed by atoms with Crippen LogP contribution in [-0.2, 0) is 42.1 Å². The van der Waals surface area contributed by atoms with Crippen LogP contribution in [0.2, 0.25) is 0 Å². The fraction of sp³-hybridized carbons (Fsp3) is 0.250. The van der Waals surface area contributed by atoms with Crippen molar-refractivity contribution >= 4 is 91.9 Å². The molecule has 0 radical (unpaired) electrons. The monoisotopic (exact) mass is 1810 g/mol. The van der Waals surface area contributed by atoms with E-state index in [4.69, 9.17) is 0 Å². The smallest absolute Gasteiger partial charge is 0.255 e. The van der Waals surface area contributed by atoms with Crippen LogP contribution in [0, 0.1) is 55.4 Å². The van der Waals surface area contributed by atoms with Crippen molar-refractivity contribution in [2.45, 2.75) is 213 Å². The molecule has 0 aromatic heterocycles. The molecule has 2 fully saturated rings. The van der Waals surface area contributed by atoms with E-state index in [2.05, 4.69) is 191 Å². The number of hydrogen-bond donors (Lipinski definition) is 4. The van der Waals surface area contributed by atoms with Crippen molar-refractivity contribution in [3.63, 3.8) is 0 Å². The molecule has 12 bridgehead atoms. The number of thioether (sulfide) groups is 2. The molecule has 4 N–H and O–H groups in total. The Morgan fingerprint density at radius 2 is 0.444 bits per heavy atom. The Morgan fingerprint density at radius 1 is 0.248 bits per heavy atom. The Bertz CT molecular complexity index is 5810. The predicted molar refractivity (Wildman–Crippen MR) is 551 cm³/mol. The third-order valence-electron chi connectivity index (χ3n) is 27.5. The second kappa shape index (κ2) is 39.3. The molecule has 2 spiro atoms. The molecular formula is C120H118N4O6S3. The summed E-state index contributed by atoms with van der Waals surface area (Å²) in [6.45, 7) is 29.2. The minimum atomic E-state index is -0.994. The van der Waals surface area contributed by atoms with Gasteiger partial charge in [0.15, 0.2) is 0 Å². The zero-order valence-electron chi connectivity index (χ0n) is 78.8. The van der Waals surface area contributed by atoms with Gasteiger partial charge in [-0.15, -0.1) is 0 Å². The highest BCUT2D eigenvalue weighted by Crippen LogP contribution is 2.53. The summed E-state index contributed by atoms with van der Waals surface area (Å²) in [5, 5.41) is 13.3. The molecule has 0 saturated heterocycles. The molecule has 14 aromatic carbocycles. The molecule has 2 saturated carbocycles. The minimum absolute atomic E-state index is 0.0324. The van der Waals surface area contributed by atoms with E-state index in [1.807, 2.05) is 231 Å². The van der Waals surface area contributed by atoms with Crippen molar-refractivity contribution < 1.29 is 28.8 Å². The van der Waals surface area contributed by atoms with E-state index in [1.165, 1.54) is 58.6 Å². The maximum absolute atomic E-state index is 14.8. The van der Waals surface area contributed by atoms with Gasteiger partial charge in [0.25, 0.3) is 23.6 Å². The summed E-state index contributed by atoms with van der Waals surface area (Å²) in [5.41, 5.74) is 21.6. The Morgan fingerprint density at radius 3 is 0.639 bits per heavy atom. The molecule has 10 nitrogen and oxygen atoms in total. The van der Waals surface area contributed by atoms with Crippen LogP contribution < -0.4 is 21.3 Å². The fourth-order valence-electron chi connectivity index (χ4n) is 20.4. The Hall–Kier alpha value is -12.7. The van der Waals surface area contributed by atoms with Gasteiger partial charge in [-0.05, 0) is 288 Å². The number of benzene rings is 14. The number of rotatable bonds is 12. The average molecular weight is 1810 g/mol. The third kappa shape index (κ3) is 19.4. The summed E-state index contributed by atoms with van der Waals surface area (Å²) in [6.07, 6.45) is 10.6. The number of nitrogens with one attached hydrogen (secondary N) is 4. The number of anilines is 4. The lowest BCUT2D eigenvalue weighted by Crippen LogP contribution is -2.36. The van der Waals surface area contributed by atoms with Crippen LogP contribution in [-0.4, -0.2) is 33.9 Å². The summed E-state index contributed by atoms with van der Waals surface area (Å²) >= 11 is 4.19. The first-order chi connectivity index (χ1) is 63.8. The molecule has 12 aliphatic rings. The largest absolute Gasteiger partial charge is 0.322 e. The quantitative estimate of drug-likeness (QED) is 0.0692. The van der Waals surface area contributed by atoms with Gasteiger partial charge >= 0.3 is 0 Å². The van der Waals surface area contributed by atoms with Gasteiger partial charge in [-0.25, -0.2) is 0 Å².